The summed E-state index contributed by atoms with van der Waals surface area (Å²) in [6.45, 7) is 3.50. The molecule has 144 valence electrons. The second kappa shape index (κ2) is 7.03. The molecule has 6 nitrogen and oxygen atoms in total. The van der Waals surface area contributed by atoms with Gasteiger partial charge in [-0.25, -0.2) is 0 Å². The van der Waals surface area contributed by atoms with Crippen LogP contribution in [0.1, 0.15) is 43.1 Å². The number of rotatable bonds is 4. The molecule has 0 radical (unpaired) electrons. The zero-order chi connectivity index (χ0) is 19.8. The molecule has 2 aromatic carbocycles. The van der Waals surface area contributed by atoms with E-state index in [9.17, 15) is 9.59 Å². The number of methoxy groups -OCH3 is 1. The highest BCUT2D eigenvalue weighted by molar-refractivity contribution is 5.99. The summed E-state index contributed by atoms with van der Waals surface area (Å²) in [4.78, 5) is 24.1. The van der Waals surface area contributed by atoms with Crippen molar-refractivity contribution in [1.82, 2.24) is 0 Å². The van der Waals surface area contributed by atoms with Gasteiger partial charge in [0.05, 0.1) is 12.8 Å². The van der Waals surface area contributed by atoms with Crippen molar-refractivity contribution in [3.8, 4) is 5.75 Å². The molecule has 0 saturated heterocycles. The van der Waals surface area contributed by atoms with Crippen molar-refractivity contribution >= 4 is 34.2 Å². The number of fused-ring (bicyclic) bond motifs is 2. The third-order valence-corrected chi connectivity index (χ3v) is 5.10. The minimum absolute atomic E-state index is 0.0563. The van der Waals surface area contributed by atoms with Crippen LogP contribution in [0.4, 0.5) is 11.4 Å². The summed E-state index contributed by atoms with van der Waals surface area (Å²) in [7, 11) is 1.54. The van der Waals surface area contributed by atoms with Gasteiger partial charge in [-0.15, -0.1) is 0 Å². The highest BCUT2D eigenvalue weighted by Gasteiger charge is 2.32. The van der Waals surface area contributed by atoms with Crippen LogP contribution in [0.3, 0.4) is 0 Å². The van der Waals surface area contributed by atoms with Gasteiger partial charge in [0.15, 0.2) is 0 Å². The van der Waals surface area contributed by atoms with Crippen molar-refractivity contribution in [1.29, 1.82) is 0 Å². The van der Waals surface area contributed by atoms with Crippen molar-refractivity contribution in [2.24, 2.45) is 0 Å². The lowest BCUT2D eigenvalue weighted by Crippen LogP contribution is -2.24. The Hall–Kier alpha value is -3.28. The highest BCUT2D eigenvalue weighted by Crippen LogP contribution is 2.45. The second-order valence-corrected chi connectivity index (χ2v) is 6.91. The first-order valence-electron chi connectivity index (χ1n) is 9.31. The smallest absolute Gasteiger partial charge is 0.225 e. The number of carbonyl (C=O) groups is 2. The van der Waals surface area contributed by atoms with Crippen LogP contribution < -0.4 is 15.4 Å². The van der Waals surface area contributed by atoms with Crippen LogP contribution in [-0.4, -0.2) is 18.9 Å². The van der Waals surface area contributed by atoms with Crippen LogP contribution in [-0.2, 0) is 16.0 Å². The van der Waals surface area contributed by atoms with E-state index in [1.165, 1.54) is 14.0 Å². The number of para-hydroxylation sites is 1. The average Bonchev–Trinajstić information content (AvgIpc) is 3.05. The maximum Gasteiger partial charge on any atom is 0.225 e. The minimum atomic E-state index is -0.183. The number of benzene rings is 2. The fourth-order valence-corrected chi connectivity index (χ4v) is 3.96. The normalized spacial score (nSPS) is 15.8. The first-order valence-corrected chi connectivity index (χ1v) is 9.31. The fraction of sp³-hybridized carbons (Fsp3) is 0.273. The van der Waals surface area contributed by atoms with Crippen LogP contribution in [0.2, 0.25) is 0 Å². The van der Waals surface area contributed by atoms with Crippen LogP contribution >= 0.6 is 0 Å². The molecule has 1 aliphatic rings. The molecule has 4 rings (SSSR count). The van der Waals surface area contributed by atoms with E-state index in [-0.39, 0.29) is 17.7 Å². The van der Waals surface area contributed by atoms with E-state index in [4.69, 9.17) is 9.15 Å². The lowest BCUT2D eigenvalue weighted by Gasteiger charge is -2.27. The Morgan fingerprint density at radius 1 is 1.32 bits per heavy atom. The van der Waals surface area contributed by atoms with E-state index in [0.717, 1.165) is 34.3 Å². The molecule has 1 atom stereocenters. The van der Waals surface area contributed by atoms with Gasteiger partial charge in [-0.1, -0.05) is 25.1 Å². The number of aryl methyl sites for hydroxylation is 1. The number of nitrogens with one attached hydrogen (secondary N) is 2. The number of furan rings is 1. The Bertz CT molecular complexity index is 1080. The third-order valence-electron chi connectivity index (χ3n) is 5.10. The molecule has 0 unspecified atom stereocenters. The van der Waals surface area contributed by atoms with Crippen molar-refractivity contribution < 1.29 is 18.7 Å². The molecule has 28 heavy (non-hydrogen) atoms. The number of anilines is 2. The topological polar surface area (TPSA) is 80.6 Å². The van der Waals surface area contributed by atoms with Crippen LogP contribution in [0, 0.1) is 0 Å². The van der Waals surface area contributed by atoms with Gasteiger partial charge in [0.25, 0.3) is 0 Å². The lowest BCUT2D eigenvalue weighted by molar-refractivity contribution is -0.117. The predicted octanol–water partition coefficient (Wildman–Crippen LogP) is 4.44. The van der Waals surface area contributed by atoms with Crippen LogP contribution in [0.25, 0.3) is 11.0 Å². The minimum Gasteiger partial charge on any atom is -0.494 e. The Labute approximate surface area is 162 Å². The molecule has 1 aliphatic heterocycles. The maximum atomic E-state index is 12.5. The second-order valence-electron chi connectivity index (χ2n) is 6.91. The quantitative estimate of drug-likeness (QED) is 0.703. The first kappa shape index (κ1) is 18.1. The molecule has 0 spiro atoms. The molecule has 2 N–H and O–H groups in total. The summed E-state index contributed by atoms with van der Waals surface area (Å²) in [6, 6.07) is 11.5. The number of amides is 2. The Morgan fingerprint density at radius 3 is 2.82 bits per heavy atom. The monoisotopic (exact) mass is 378 g/mol. The lowest BCUT2D eigenvalue weighted by atomic mass is 9.82. The molecule has 0 saturated carbocycles. The summed E-state index contributed by atoms with van der Waals surface area (Å²) < 4.78 is 11.5. The van der Waals surface area contributed by atoms with Crippen molar-refractivity contribution in [2.45, 2.75) is 32.6 Å². The standard InChI is InChI=1S/C22H22N2O4/c1-4-18-22(13-7-5-6-8-19(13)28-18)15-10-21(26)24-16-11-20(27-3)17(9-14(15)16)23-12(2)25/h5-9,11,15H,4,10H2,1-3H3,(H,23,25)(H,24,26)/t15-/m0/s1. The van der Waals surface area contributed by atoms with E-state index in [2.05, 4.69) is 10.6 Å². The number of hydrogen-bond donors (Lipinski definition) is 2. The summed E-state index contributed by atoms with van der Waals surface area (Å²) in [5.74, 6) is 0.976. The SMILES string of the molecule is CCc1oc2ccccc2c1[C@H]1CC(=O)Nc2cc(OC)c(NC(C)=O)cc21. The summed E-state index contributed by atoms with van der Waals surface area (Å²) in [6.07, 6.45) is 1.04. The predicted molar refractivity (Wildman–Crippen MR) is 108 cm³/mol. The first-order chi connectivity index (χ1) is 13.5. The van der Waals surface area contributed by atoms with Gasteiger partial charge in [0.2, 0.25) is 11.8 Å². The molecule has 3 aromatic rings. The Balaban J connectivity index is 1.94. The van der Waals surface area contributed by atoms with Crippen molar-refractivity contribution in [3.05, 3.63) is 53.3 Å². The van der Waals surface area contributed by atoms with E-state index in [1.54, 1.807) is 6.07 Å². The van der Waals surface area contributed by atoms with Gasteiger partial charge in [0, 0.05) is 48.4 Å². The molecule has 0 aliphatic carbocycles. The number of hydrogen-bond acceptors (Lipinski definition) is 4. The van der Waals surface area contributed by atoms with Gasteiger partial charge >= 0.3 is 0 Å². The van der Waals surface area contributed by atoms with E-state index in [0.29, 0.717) is 23.5 Å². The van der Waals surface area contributed by atoms with Crippen molar-refractivity contribution in [3.63, 3.8) is 0 Å². The Morgan fingerprint density at radius 2 is 2.11 bits per heavy atom. The molecule has 2 heterocycles. The number of ether oxygens (including phenoxy) is 1. The highest BCUT2D eigenvalue weighted by atomic mass is 16.5. The molecule has 6 heteroatoms. The van der Waals surface area contributed by atoms with Gasteiger partial charge < -0.3 is 19.8 Å². The Kier molecular flexibility index (Phi) is 4.55. The molecular weight excluding hydrogens is 356 g/mol. The largest absolute Gasteiger partial charge is 0.494 e. The number of carbonyl (C=O) groups excluding carboxylic acids is 2. The molecule has 0 fully saturated rings. The molecule has 1 aromatic heterocycles. The fourth-order valence-electron chi connectivity index (χ4n) is 3.96. The average molecular weight is 378 g/mol. The van der Waals surface area contributed by atoms with Crippen LogP contribution in [0.15, 0.2) is 40.8 Å². The zero-order valence-electron chi connectivity index (χ0n) is 16.1. The molecule has 2 amide bonds. The van der Waals surface area contributed by atoms with Gasteiger partial charge in [-0.3, -0.25) is 9.59 Å². The maximum absolute atomic E-state index is 12.5. The van der Waals surface area contributed by atoms with E-state index in [1.807, 2.05) is 37.3 Å². The zero-order valence-corrected chi connectivity index (χ0v) is 16.1. The molecule has 0 bridgehead atoms. The summed E-state index contributed by atoms with van der Waals surface area (Å²) in [5.41, 5.74) is 4.07. The molecular formula is C22H22N2O4. The summed E-state index contributed by atoms with van der Waals surface area (Å²) >= 11 is 0. The van der Waals surface area contributed by atoms with Gasteiger partial charge in [0.1, 0.15) is 17.1 Å². The van der Waals surface area contributed by atoms with Gasteiger partial charge in [-0.05, 0) is 17.7 Å². The van der Waals surface area contributed by atoms with E-state index < -0.39 is 0 Å². The third kappa shape index (κ3) is 3.01. The van der Waals surface area contributed by atoms with E-state index >= 15 is 0 Å². The summed E-state index contributed by atoms with van der Waals surface area (Å²) in [5, 5.41) is 6.76. The van der Waals surface area contributed by atoms with Crippen molar-refractivity contribution in [2.75, 3.05) is 17.7 Å². The van der Waals surface area contributed by atoms with Gasteiger partial charge in [-0.2, -0.15) is 0 Å². The van der Waals surface area contributed by atoms with Crippen LogP contribution in [0.5, 0.6) is 5.75 Å².